The third-order valence-electron chi connectivity index (χ3n) is 5.77. The third kappa shape index (κ3) is 7.95. The molecule has 0 N–H and O–H groups in total. The second kappa shape index (κ2) is 11.8. The summed E-state index contributed by atoms with van der Waals surface area (Å²) in [6.45, 7) is 13.0. The Balaban J connectivity index is 2.07. The van der Waals surface area contributed by atoms with Crippen LogP contribution in [0.1, 0.15) is 13.8 Å². The van der Waals surface area contributed by atoms with Crippen LogP contribution in [0.2, 0.25) is 35.1 Å². The monoisotopic (exact) mass is 602 g/mol. The Morgan fingerprint density at radius 2 is 1.00 bits per heavy atom. The van der Waals surface area contributed by atoms with Gasteiger partial charge in [-0.3, -0.25) is 0 Å². The third-order valence-corrected chi connectivity index (χ3v) is 34.4. The van der Waals surface area contributed by atoms with Gasteiger partial charge in [0, 0.05) is 0 Å². The van der Waals surface area contributed by atoms with E-state index in [1.54, 1.807) is 0 Å². The molecule has 0 saturated heterocycles. The van der Waals surface area contributed by atoms with Gasteiger partial charge in [0.15, 0.2) is 0 Å². The van der Waals surface area contributed by atoms with Gasteiger partial charge in [0.05, 0.1) is 0 Å². The van der Waals surface area contributed by atoms with Crippen molar-refractivity contribution in [1.29, 1.82) is 0 Å². The van der Waals surface area contributed by atoms with Gasteiger partial charge < -0.3 is 0 Å². The van der Waals surface area contributed by atoms with Crippen LogP contribution in [0.3, 0.4) is 0 Å². The zero-order valence-corrected chi connectivity index (χ0v) is 26.3. The first-order valence-electron chi connectivity index (χ1n) is 10.9. The van der Waals surface area contributed by atoms with E-state index < -0.39 is 51.4 Å². The summed E-state index contributed by atoms with van der Waals surface area (Å²) in [5.41, 5.74) is 0. The quantitative estimate of drug-likeness (QED) is 0.212. The van der Waals surface area contributed by atoms with E-state index in [0.29, 0.717) is 20.4 Å². The fourth-order valence-electron chi connectivity index (χ4n) is 3.57. The molecule has 0 bridgehead atoms. The Hall–Kier alpha value is -0.208. The molecular weight excluding hydrogens is 565 g/mol. The summed E-state index contributed by atoms with van der Waals surface area (Å²) in [6, 6.07) is 20.6. The standard InChI is InChI=1S/2C9H13O2PSi.2C2H5.Sn/c2*1-13(2,8-12(10)11)9-6-4-3-5-7-9;2*1-2;/h2*3-7H,8H2,1-2H3;2*1H2,2H3;/q;;;;+2. The second-order valence-electron chi connectivity index (χ2n) is 9.28. The van der Waals surface area contributed by atoms with Crippen molar-refractivity contribution in [1.82, 2.24) is 0 Å². The minimum atomic E-state index is -3.68. The van der Waals surface area contributed by atoms with E-state index >= 15 is 0 Å². The summed E-state index contributed by atoms with van der Waals surface area (Å²) in [4.78, 5) is 0. The number of hydrogen-bond donors (Lipinski definition) is 0. The van der Waals surface area contributed by atoms with Crippen LogP contribution in [0, 0.1) is 0 Å². The van der Waals surface area contributed by atoms with Gasteiger partial charge in [-0.05, 0) is 0 Å². The fourth-order valence-corrected chi connectivity index (χ4v) is 30.7. The molecule has 0 aromatic heterocycles. The first-order valence-corrected chi connectivity index (χ1v) is 26.4. The first-order chi connectivity index (χ1) is 14.5. The van der Waals surface area contributed by atoms with Crippen molar-refractivity contribution in [3.05, 3.63) is 60.7 Å². The number of rotatable bonds is 12. The molecule has 0 aliphatic rings. The van der Waals surface area contributed by atoms with E-state index in [2.05, 4.69) is 50.5 Å². The van der Waals surface area contributed by atoms with Gasteiger partial charge >= 0.3 is 198 Å². The average molecular weight is 601 g/mol. The van der Waals surface area contributed by atoms with Crippen LogP contribution in [0.5, 0.6) is 0 Å². The van der Waals surface area contributed by atoms with Gasteiger partial charge in [-0.25, -0.2) is 0 Å². The molecular formula is C22H36O4P2Si2Sn+2. The second-order valence-corrected chi connectivity index (χ2v) is 34.6. The van der Waals surface area contributed by atoms with Gasteiger partial charge in [-0.1, -0.05) is 0 Å². The molecule has 2 rings (SSSR count). The number of hydrogen-bond acceptors (Lipinski definition) is 4. The SMILES string of the molecule is C[CH2][Sn]([CH2]C)([O][P+](=O)C[Si](C)(C)c1ccccc1)[O][P+](=O)C[Si](C)(C)c1ccccc1. The molecule has 0 amide bonds. The van der Waals surface area contributed by atoms with E-state index in [-0.39, 0.29) is 0 Å². The van der Waals surface area contributed by atoms with E-state index in [0.717, 1.165) is 0 Å². The van der Waals surface area contributed by atoms with Crippen LogP contribution >= 0.6 is 16.1 Å². The van der Waals surface area contributed by atoms with Gasteiger partial charge in [-0.2, -0.15) is 0 Å². The Morgan fingerprint density at radius 3 is 1.29 bits per heavy atom. The topological polar surface area (TPSA) is 52.6 Å². The molecule has 2 aromatic carbocycles. The Morgan fingerprint density at radius 1 is 0.677 bits per heavy atom. The summed E-state index contributed by atoms with van der Waals surface area (Å²) < 4.78 is 40.1. The van der Waals surface area contributed by atoms with Crippen LogP contribution in [0.25, 0.3) is 0 Å². The summed E-state index contributed by atoms with van der Waals surface area (Å²) in [7, 11) is -7.45. The van der Waals surface area contributed by atoms with E-state index in [1.807, 2.05) is 50.2 Å². The summed E-state index contributed by atoms with van der Waals surface area (Å²) in [5.74, 6) is 1.13. The normalized spacial score (nSPS) is 13.7. The van der Waals surface area contributed by atoms with Crippen molar-refractivity contribution >= 4 is 61.8 Å². The summed E-state index contributed by atoms with van der Waals surface area (Å²) in [5, 5.41) is 2.55. The maximum absolute atomic E-state index is 13.1. The number of benzene rings is 2. The van der Waals surface area contributed by atoms with Gasteiger partial charge in [0.2, 0.25) is 0 Å². The molecule has 2 aromatic rings. The molecule has 2 atom stereocenters. The van der Waals surface area contributed by atoms with Crippen LogP contribution < -0.4 is 10.4 Å². The maximum atomic E-state index is 13.1. The van der Waals surface area contributed by atoms with Crippen LogP contribution in [-0.2, 0) is 14.9 Å². The Labute approximate surface area is 196 Å². The average Bonchev–Trinajstić information content (AvgIpc) is 2.73. The van der Waals surface area contributed by atoms with Crippen molar-refractivity contribution in [2.45, 2.75) is 48.9 Å². The molecule has 0 heterocycles. The Bertz CT molecular complexity index is 806. The molecule has 9 heteroatoms. The molecule has 2 unspecified atom stereocenters. The van der Waals surface area contributed by atoms with Crippen molar-refractivity contribution in [2.75, 3.05) is 11.6 Å². The zero-order valence-electron chi connectivity index (χ0n) is 19.6. The van der Waals surface area contributed by atoms with E-state index in [9.17, 15) is 9.13 Å². The molecule has 0 aliphatic heterocycles. The molecule has 168 valence electrons. The molecule has 0 radical (unpaired) electrons. The molecule has 0 aliphatic carbocycles. The van der Waals surface area contributed by atoms with Crippen molar-refractivity contribution in [3.63, 3.8) is 0 Å². The summed E-state index contributed by atoms with van der Waals surface area (Å²) >= 11 is -3.68. The minimum absolute atomic E-state index is 0.565. The van der Waals surface area contributed by atoms with Crippen LogP contribution in [0.4, 0.5) is 0 Å². The fraction of sp³-hybridized carbons (Fsp3) is 0.455. The van der Waals surface area contributed by atoms with Crippen molar-refractivity contribution in [3.8, 4) is 0 Å². The Kier molecular flexibility index (Phi) is 10.3. The van der Waals surface area contributed by atoms with Gasteiger partial charge in [-0.15, -0.1) is 0 Å². The van der Waals surface area contributed by atoms with Gasteiger partial charge in [0.1, 0.15) is 0 Å². The zero-order chi connectivity index (χ0) is 23.1. The molecule has 31 heavy (non-hydrogen) atoms. The predicted octanol–water partition coefficient (Wildman–Crippen LogP) is 6.30. The van der Waals surface area contributed by atoms with Crippen molar-refractivity contribution in [2.24, 2.45) is 0 Å². The molecule has 0 spiro atoms. The molecule has 0 saturated carbocycles. The molecule has 0 fully saturated rings. The van der Waals surface area contributed by atoms with Crippen LogP contribution in [0.15, 0.2) is 60.7 Å². The predicted molar refractivity (Wildman–Crippen MR) is 141 cm³/mol. The van der Waals surface area contributed by atoms with Crippen LogP contribution in [-0.4, -0.2) is 46.9 Å². The van der Waals surface area contributed by atoms with Gasteiger partial charge in [0.25, 0.3) is 0 Å². The van der Waals surface area contributed by atoms with E-state index in [4.69, 9.17) is 5.72 Å². The first kappa shape index (κ1) is 27.0. The molecule has 4 nitrogen and oxygen atoms in total. The van der Waals surface area contributed by atoms with Crippen molar-refractivity contribution < 1.29 is 14.9 Å². The summed E-state index contributed by atoms with van der Waals surface area (Å²) in [6.07, 6.45) is 0. The van der Waals surface area contributed by atoms with E-state index in [1.165, 1.54) is 10.4 Å².